The zero-order valence-electron chi connectivity index (χ0n) is 17.1. The average Bonchev–Trinajstić information content (AvgIpc) is 2.66. The maximum absolute atomic E-state index is 12.8. The Kier molecular flexibility index (Phi) is 7.70. The monoisotopic (exact) mass is 446 g/mol. The quantitative estimate of drug-likeness (QED) is 0.405. The fourth-order valence-corrected chi connectivity index (χ4v) is 3.58. The van der Waals surface area contributed by atoms with Gasteiger partial charge >= 0.3 is 5.97 Å². The number of nitrogens with one attached hydrogen (secondary N) is 2. The van der Waals surface area contributed by atoms with Gasteiger partial charge in [0.15, 0.2) is 0 Å². The zero-order valence-corrected chi connectivity index (χ0v) is 18.6. The lowest BCUT2D eigenvalue weighted by molar-refractivity contribution is -0.132. The van der Waals surface area contributed by atoms with E-state index in [0.717, 1.165) is 16.5 Å². The van der Waals surface area contributed by atoms with E-state index in [1.807, 2.05) is 20.8 Å². The highest BCUT2D eigenvalue weighted by Crippen LogP contribution is 2.34. The largest absolute Gasteiger partial charge is 0.478 e. The van der Waals surface area contributed by atoms with E-state index in [1.54, 1.807) is 42.5 Å². The maximum Gasteiger partial charge on any atom is 0.331 e. The predicted octanol–water partition coefficient (Wildman–Crippen LogP) is 5.13. The Balaban J connectivity index is 2.03. The molecule has 0 aliphatic rings. The molecule has 3 N–H and O–H groups in total. The van der Waals surface area contributed by atoms with Crippen molar-refractivity contribution < 1.29 is 19.5 Å². The van der Waals surface area contributed by atoms with Crippen LogP contribution in [0.15, 0.2) is 59.0 Å². The Morgan fingerprint density at radius 3 is 2.30 bits per heavy atom. The Bertz CT molecular complexity index is 1000. The van der Waals surface area contributed by atoms with Crippen molar-refractivity contribution in [1.82, 2.24) is 0 Å². The van der Waals surface area contributed by atoms with Crippen molar-refractivity contribution in [3.63, 3.8) is 0 Å². The average molecular weight is 447 g/mol. The van der Waals surface area contributed by atoms with Gasteiger partial charge in [-0.1, -0.05) is 17.7 Å². The van der Waals surface area contributed by atoms with Gasteiger partial charge in [-0.15, -0.1) is 11.8 Å². The van der Waals surface area contributed by atoms with Crippen LogP contribution in [0.2, 0.25) is 5.02 Å². The van der Waals surface area contributed by atoms with E-state index < -0.39 is 16.6 Å². The highest BCUT2D eigenvalue weighted by atomic mass is 35.5. The number of benzene rings is 2. The van der Waals surface area contributed by atoms with E-state index in [1.165, 1.54) is 18.7 Å². The third-order valence-electron chi connectivity index (χ3n) is 4.24. The molecule has 2 aromatic carbocycles. The third kappa shape index (κ3) is 6.37. The van der Waals surface area contributed by atoms with Gasteiger partial charge in [0.2, 0.25) is 11.8 Å². The molecule has 158 valence electrons. The molecule has 0 fully saturated rings. The van der Waals surface area contributed by atoms with Gasteiger partial charge < -0.3 is 15.7 Å². The van der Waals surface area contributed by atoms with E-state index in [4.69, 9.17) is 16.7 Å². The Morgan fingerprint density at radius 1 is 1.07 bits per heavy atom. The van der Waals surface area contributed by atoms with Crippen LogP contribution in [-0.2, 0) is 14.4 Å². The summed E-state index contributed by atoms with van der Waals surface area (Å²) in [5.74, 6) is -1.83. The second-order valence-electron chi connectivity index (χ2n) is 7.13. The summed E-state index contributed by atoms with van der Waals surface area (Å²) in [7, 11) is 0. The summed E-state index contributed by atoms with van der Waals surface area (Å²) < 4.78 is -0.763. The normalized spacial score (nSPS) is 11.7. The summed E-state index contributed by atoms with van der Waals surface area (Å²) in [6, 6.07) is 12.3. The number of hydrogen-bond acceptors (Lipinski definition) is 4. The molecule has 0 spiro atoms. The van der Waals surface area contributed by atoms with Crippen LogP contribution in [0.5, 0.6) is 0 Å². The molecule has 0 heterocycles. The van der Waals surface area contributed by atoms with Crippen molar-refractivity contribution in [3.05, 3.63) is 64.7 Å². The highest BCUT2D eigenvalue weighted by Gasteiger charge is 2.29. The number of halogens is 1. The van der Waals surface area contributed by atoms with Gasteiger partial charge in [-0.2, -0.15) is 0 Å². The fraction of sp³-hybridized carbons (Fsp3) is 0.227. The number of aliphatic carboxylic acids is 1. The molecule has 0 bridgehead atoms. The van der Waals surface area contributed by atoms with Crippen LogP contribution in [0.3, 0.4) is 0 Å². The first kappa shape index (κ1) is 23.5. The zero-order chi connectivity index (χ0) is 22.5. The number of amides is 2. The SMILES string of the molecule is CC(=CC(=O)Nc1ccc(SC(C)(C)C(=O)Nc2cccc(Cl)c2C)cc1)C(=O)O. The third-order valence-corrected chi connectivity index (χ3v) is 5.86. The van der Waals surface area contributed by atoms with Crippen LogP contribution >= 0.6 is 23.4 Å². The van der Waals surface area contributed by atoms with Crippen LogP contribution < -0.4 is 10.6 Å². The number of carboxylic acid groups (broad SMARTS) is 1. The molecule has 2 amide bonds. The maximum atomic E-state index is 12.8. The first-order valence-electron chi connectivity index (χ1n) is 9.08. The number of hydrogen-bond donors (Lipinski definition) is 3. The minimum atomic E-state index is -1.15. The number of thioether (sulfide) groups is 1. The summed E-state index contributed by atoms with van der Waals surface area (Å²) in [6.45, 7) is 6.84. The smallest absolute Gasteiger partial charge is 0.331 e. The van der Waals surface area contributed by atoms with Crippen LogP contribution in [0.4, 0.5) is 11.4 Å². The van der Waals surface area contributed by atoms with Gasteiger partial charge in [0.1, 0.15) is 0 Å². The lowest BCUT2D eigenvalue weighted by Crippen LogP contribution is -2.34. The summed E-state index contributed by atoms with van der Waals surface area (Å²) in [5.41, 5.74) is 1.95. The topological polar surface area (TPSA) is 95.5 Å². The minimum absolute atomic E-state index is 0.0534. The summed E-state index contributed by atoms with van der Waals surface area (Å²) in [6.07, 6.45) is 1.02. The minimum Gasteiger partial charge on any atom is -0.478 e. The summed E-state index contributed by atoms with van der Waals surface area (Å²) >= 11 is 7.49. The summed E-state index contributed by atoms with van der Waals surface area (Å²) in [5, 5.41) is 14.9. The van der Waals surface area contributed by atoms with Crippen molar-refractivity contribution in [1.29, 1.82) is 0 Å². The molecule has 0 aliphatic carbocycles. The lowest BCUT2D eigenvalue weighted by Gasteiger charge is -2.24. The van der Waals surface area contributed by atoms with Crippen molar-refractivity contribution in [3.8, 4) is 0 Å². The van der Waals surface area contributed by atoms with E-state index in [2.05, 4.69) is 10.6 Å². The van der Waals surface area contributed by atoms with Crippen LogP contribution in [0.25, 0.3) is 0 Å². The molecule has 0 radical (unpaired) electrons. The molecule has 0 aliphatic heterocycles. The molecule has 0 atom stereocenters. The Labute approximate surface area is 184 Å². The number of carbonyl (C=O) groups excluding carboxylic acids is 2. The number of carboxylic acids is 1. The van der Waals surface area contributed by atoms with E-state index in [9.17, 15) is 14.4 Å². The molecule has 0 saturated carbocycles. The van der Waals surface area contributed by atoms with Gasteiger partial charge in [0, 0.05) is 32.9 Å². The van der Waals surface area contributed by atoms with Gasteiger partial charge in [0.05, 0.1) is 4.75 Å². The number of rotatable bonds is 7. The second-order valence-corrected chi connectivity index (χ2v) is 9.23. The van der Waals surface area contributed by atoms with Gasteiger partial charge in [-0.05, 0) is 69.7 Å². The van der Waals surface area contributed by atoms with E-state index in [-0.39, 0.29) is 11.5 Å². The first-order valence-corrected chi connectivity index (χ1v) is 10.3. The lowest BCUT2D eigenvalue weighted by atomic mass is 10.1. The summed E-state index contributed by atoms with van der Waals surface area (Å²) in [4.78, 5) is 36.2. The fourth-order valence-electron chi connectivity index (χ4n) is 2.40. The van der Waals surface area contributed by atoms with E-state index >= 15 is 0 Å². The molecule has 0 unspecified atom stereocenters. The molecule has 2 aromatic rings. The Hall–Kier alpha value is -2.77. The van der Waals surface area contributed by atoms with Crippen molar-refractivity contribution in [2.24, 2.45) is 0 Å². The highest BCUT2D eigenvalue weighted by molar-refractivity contribution is 8.01. The van der Waals surface area contributed by atoms with E-state index in [0.29, 0.717) is 16.4 Å². The first-order chi connectivity index (χ1) is 14.0. The molecule has 30 heavy (non-hydrogen) atoms. The van der Waals surface area contributed by atoms with Crippen LogP contribution in [0.1, 0.15) is 26.3 Å². The number of anilines is 2. The van der Waals surface area contributed by atoms with Crippen molar-refractivity contribution in [2.75, 3.05) is 10.6 Å². The molecular weight excluding hydrogens is 424 g/mol. The van der Waals surface area contributed by atoms with Crippen LogP contribution in [0, 0.1) is 6.92 Å². The molecule has 2 rings (SSSR count). The number of carbonyl (C=O) groups is 3. The second kappa shape index (κ2) is 9.82. The molecule has 0 aromatic heterocycles. The Morgan fingerprint density at radius 2 is 1.70 bits per heavy atom. The predicted molar refractivity (Wildman–Crippen MR) is 121 cm³/mol. The van der Waals surface area contributed by atoms with Crippen molar-refractivity contribution >= 4 is 52.5 Å². The van der Waals surface area contributed by atoms with Crippen molar-refractivity contribution in [2.45, 2.75) is 37.3 Å². The van der Waals surface area contributed by atoms with Gasteiger partial charge in [0.25, 0.3) is 0 Å². The van der Waals surface area contributed by atoms with Crippen LogP contribution in [-0.4, -0.2) is 27.6 Å². The molecule has 8 heteroatoms. The molecular formula is C22H23ClN2O4S. The molecule has 6 nitrogen and oxygen atoms in total. The van der Waals surface area contributed by atoms with Gasteiger partial charge in [-0.25, -0.2) is 4.79 Å². The van der Waals surface area contributed by atoms with Gasteiger partial charge in [-0.3, -0.25) is 9.59 Å². The standard InChI is InChI=1S/C22H23ClN2O4S/c1-13(20(27)28)12-19(26)24-15-8-10-16(11-9-15)30-22(3,4)21(29)25-18-7-5-6-17(23)14(18)2/h5-12H,1-4H3,(H,24,26)(H,25,29)(H,27,28). The molecule has 0 saturated heterocycles.